The zero-order valence-electron chi connectivity index (χ0n) is 22.1. The van der Waals surface area contributed by atoms with Gasteiger partial charge in [-0.3, -0.25) is 4.79 Å². The van der Waals surface area contributed by atoms with E-state index in [4.69, 9.17) is 4.42 Å². The lowest BCUT2D eigenvalue weighted by molar-refractivity contribution is -0.133. The SMILES string of the molecule is Cc1cc(C)c(S(=O)(=O)N(CC(=O)N2CCc3sccc3C2c2ccccc2C)Cc2ccco2)c(C)c1. The van der Waals surface area contributed by atoms with E-state index in [1.54, 1.807) is 37.3 Å². The molecule has 0 aliphatic carbocycles. The minimum atomic E-state index is -4.00. The zero-order valence-corrected chi connectivity index (χ0v) is 23.7. The van der Waals surface area contributed by atoms with Crippen molar-refractivity contribution in [3.8, 4) is 0 Å². The van der Waals surface area contributed by atoms with Gasteiger partial charge in [0.25, 0.3) is 0 Å². The van der Waals surface area contributed by atoms with Gasteiger partial charge in [-0.15, -0.1) is 11.3 Å². The number of hydrogen-bond acceptors (Lipinski definition) is 5. The monoisotopic (exact) mass is 548 g/mol. The lowest BCUT2D eigenvalue weighted by Crippen LogP contribution is -2.46. The topological polar surface area (TPSA) is 70.8 Å². The van der Waals surface area contributed by atoms with Crippen LogP contribution in [0.5, 0.6) is 0 Å². The summed E-state index contributed by atoms with van der Waals surface area (Å²) in [5.74, 6) is 0.255. The number of sulfonamides is 1. The Kier molecular flexibility index (Phi) is 7.31. The second-order valence-corrected chi connectivity index (χ2v) is 12.9. The van der Waals surface area contributed by atoms with Crippen molar-refractivity contribution in [2.75, 3.05) is 13.1 Å². The normalized spacial score (nSPS) is 15.6. The van der Waals surface area contributed by atoms with Crippen LogP contribution in [0.25, 0.3) is 0 Å². The number of furan rings is 1. The largest absolute Gasteiger partial charge is 0.468 e. The number of nitrogens with zero attached hydrogens (tertiary/aromatic N) is 2. The first kappa shape index (κ1) is 26.4. The Hall–Kier alpha value is -3.20. The second kappa shape index (κ2) is 10.5. The third-order valence-corrected chi connectivity index (χ3v) is 10.3. The molecule has 1 atom stereocenters. The number of hydrogen-bond donors (Lipinski definition) is 0. The fourth-order valence-electron chi connectivity index (χ4n) is 5.56. The molecule has 6 nitrogen and oxygen atoms in total. The highest BCUT2D eigenvalue weighted by Gasteiger charge is 2.37. The molecule has 0 radical (unpaired) electrons. The van der Waals surface area contributed by atoms with Gasteiger partial charge in [-0.25, -0.2) is 8.42 Å². The van der Waals surface area contributed by atoms with Crippen LogP contribution in [0.4, 0.5) is 0 Å². The Morgan fingerprint density at radius 3 is 2.42 bits per heavy atom. The lowest BCUT2D eigenvalue weighted by atomic mass is 9.90. The molecule has 1 aliphatic rings. The first-order valence-corrected chi connectivity index (χ1v) is 15.0. The van der Waals surface area contributed by atoms with Gasteiger partial charge < -0.3 is 9.32 Å². The summed E-state index contributed by atoms with van der Waals surface area (Å²) in [6, 6.07) is 17.1. The van der Waals surface area contributed by atoms with Gasteiger partial charge in [0.2, 0.25) is 15.9 Å². The Morgan fingerprint density at radius 2 is 1.74 bits per heavy atom. The van der Waals surface area contributed by atoms with Crippen molar-refractivity contribution in [3.05, 3.63) is 110 Å². The summed E-state index contributed by atoms with van der Waals surface area (Å²) in [4.78, 5) is 17.4. The van der Waals surface area contributed by atoms with Crippen molar-refractivity contribution in [2.45, 2.75) is 51.6 Å². The summed E-state index contributed by atoms with van der Waals surface area (Å²) in [5.41, 5.74) is 5.60. The molecule has 0 saturated heterocycles. The van der Waals surface area contributed by atoms with E-state index in [2.05, 4.69) is 30.5 Å². The molecular formula is C30H32N2O4S2. The molecule has 0 spiro atoms. The lowest BCUT2D eigenvalue weighted by Gasteiger charge is -2.38. The number of carbonyl (C=O) groups is 1. The Bertz CT molecular complexity index is 1550. The standard InChI is InChI=1S/C30H32N2O4S2/c1-20-16-22(3)30(23(4)17-20)38(34,35)31(18-24-9-7-14-36-24)19-28(33)32-13-11-27-26(12-15-37-27)29(32)25-10-6-5-8-21(25)2/h5-10,12,14-17,29H,11,13,18-19H2,1-4H3. The average Bonchev–Trinajstić information content (AvgIpc) is 3.54. The minimum Gasteiger partial charge on any atom is -0.468 e. The Labute approximate surface area is 228 Å². The third kappa shape index (κ3) is 4.96. The van der Waals surface area contributed by atoms with Crippen LogP contribution in [0.2, 0.25) is 0 Å². The molecule has 1 aliphatic heterocycles. The van der Waals surface area contributed by atoms with Gasteiger partial charge in [-0.2, -0.15) is 4.31 Å². The number of thiophene rings is 1. The summed E-state index contributed by atoms with van der Waals surface area (Å²) in [5, 5.41) is 2.07. The molecule has 1 amide bonds. The van der Waals surface area contributed by atoms with Crippen LogP contribution in [-0.2, 0) is 27.8 Å². The first-order chi connectivity index (χ1) is 18.2. The molecule has 0 saturated carbocycles. The van der Waals surface area contributed by atoms with Crippen molar-refractivity contribution in [2.24, 2.45) is 0 Å². The van der Waals surface area contributed by atoms with Crippen LogP contribution in [0.1, 0.15) is 50.1 Å². The highest BCUT2D eigenvalue weighted by Crippen LogP contribution is 2.39. The number of aryl methyl sites for hydroxylation is 4. The maximum Gasteiger partial charge on any atom is 0.244 e. The molecule has 2 aromatic heterocycles. The summed E-state index contributed by atoms with van der Waals surface area (Å²) >= 11 is 1.71. The van der Waals surface area contributed by atoms with E-state index in [0.29, 0.717) is 23.4 Å². The minimum absolute atomic E-state index is 0.0274. The van der Waals surface area contributed by atoms with Crippen LogP contribution in [-0.4, -0.2) is 36.6 Å². The van der Waals surface area contributed by atoms with E-state index in [9.17, 15) is 13.2 Å². The third-order valence-electron chi connectivity index (χ3n) is 7.20. The van der Waals surface area contributed by atoms with Gasteiger partial charge in [0.15, 0.2) is 0 Å². The van der Waals surface area contributed by atoms with Gasteiger partial charge in [-0.1, -0.05) is 42.0 Å². The van der Waals surface area contributed by atoms with Gasteiger partial charge in [0.1, 0.15) is 5.76 Å². The number of fused-ring (bicyclic) bond motifs is 1. The number of rotatable bonds is 7. The molecule has 3 heterocycles. The summed E-state index contributed by atoms with van der Waals surface area (Å²) in [6.45, 7) is 7.82. The number of carbonyl (C=O) groups excluding carboxylic acids is 1. The van der Waals surface area contributed by atoms with Gasteiger partial charge in [-0.05, 0) is 85.5 Å². The van der Waals surface area contributed by atoms with E-state index < -0.39 is 10.0 Å². The molecule has 5 rings (SSSR count). The summed E-state index contributed by atoms with van der Waals surface area (Å²) in [6.07, 6.45) is 2.27. The molecule has 2 aromatic carbocycles. The van der Waals surface area contributed by atoms with E-state index in [1.165, 1.54) is 15.4 Å². The van der Waals surface area contributed by atoms with Gasteiger partial charge in [0.05, 0.1) is 30.3 Å². The first-order valence-electron chi connectivity index (χ1n) is 12.7. The maximum atomic E-state index is 14.1. The molecule has 38 heavy (non-hydrogen) atoms. The van der Waals surface area contributed by atoms with E-state index >= 15 is 0 Å². The molecule has 4 aromatic rings. The zero-order chi connectivity index (χ0) is 27.0. The summed E-state index contributed by atoms with van der Waals surface area (Å²) < 4.78 is 35.0. The van der Waals surface area contributed by atoms with Crippen molar-refractivity contribution in [1.82, 2.24) is 9.21 Å². The molecule has 0 N–H and O–H groups in total. The van der Waals surface area contributed by atoms with Crippen molar-refractivity contribution < 1.29 is 17.6 Å². The highest BCUT2D eigenvalue weighted by molar-refractivity contribution is 7.89. The number of amides is 1. The smallest absolute Gasteiger partial charge is 0.244 e. The predicted octanol–water partition coefficient (Wildman–Crippen LogP) is 5.94. The van der Waals surface area contributed by atoms with Gasteiger partial charge >= 0.3 is 0 Å². The van der Waals surface area contributed by atoms with Gasteiger partial charge in [0, 0.05) is 11.4 Å². The van der Waals surface area contributed by atoms with E-state index in [0.717, 1.165) is 28.7 Å². The molecule has 8 heteroatoms. The van der Waals surface area contributed by atoms with Crippen LogP contribution in [0.3, 0.4) is 0 Å². The Morgan fingerprint density at radius 1 is 1.00 bits per heavy atom. The molecule has 0 fully saturated rings. The van der Waals surface area contributed by atoms with Crippen LogP contribution < -0.4 is 0 Å². The summed E-state index contributed by atoms with van der Waals surface area (Å²) in [7, 11) is -4.00. The van der Waals surface area contributed by atoms with Crippen molar-refractivity contribution in [1.29, 1.82) is 0 Å². The van der Waals surface area contributed by atoms with Crippen molar-refractivity contribution in [3.63, 3.8) is 0 Å². The molecule has 1 unspecified atom stereocenters. The molecule has 198 valence electrons. The highest BCUT2D eigenvalue weighted by atomic mass is 32.2. The van der Waals surface area contributed by atoms with E-state index in [1.807, 2.05) is 36.1 Å². The average molecular weight is 549 g/mol. The van der Waals surface area contributed by atoms with E-state index in [-0.39, 0.29) is 29.9 Å². The van der Waals surface area contributed by atoms with Crippen LogP contribution in [0.15, 0.2) is 75.6 Å². The molecular weight excluding hydrogens is 516 g/mol. The predicted molar refractivity (Wildman–Crippen MR) is 150 cm³/mol. The second-order valence-electron chi connectivity index (χ2n) is 9.98. The fourth-order valence-corrected chi connectivity index (χ4v) is 8.23. The van der Waals surface area contributed by atoms with Crippen LogP contribution in [0, 0.1) is 27.7 Å². The van der Waals surface area contributed by atoms with Crippen molar-refractivity contribution >= 4 is 27.3 Å². The maximum absolute atomic E-state index is 14.1. The quantitative estimate of drug-likeness (QED) is 0.287. The molecule has 0 bridgehead atoms. The Balaban J connectivity index is 1.54. The fraction of sp³-hybridized carbons (Fsp3) is 0.300. The number of benzene rings is 2. The van der Waals surface area contributed by atoms with Crippen LogP contribution >= 0.6 is 11.3 Å².